The van der Waals surface area contributed by atoms with Crippen LogP contribution in [0.5, 0.6) is 5.75 Å². The zero-order valence-electron chi connectivity index (χ0n) is 15.9. The second-order valence-corrected chi connectivity index (χ2v) is 7.24. The first-order chi connectivity index (χ1) is 13.2. The molecule has 1 aromatic carbocycles. The summed E-state index contributed by atoms with van der Waals surface area (Å²) in [5.74, 6) is 1.35. The first-order valence-corrected chi connectivity index (χ1v) is 9.38. The molecule has 27 heavy (non-hydrogen) atoms. The average molecular weight is 370 g/mol. The fourth-order valence-electron chi connectivity index (χ4n) is 3.79. The van der Waals surface area contributed by atoms with Crippen molar-refractivity contribution in [1.29, 1.82) is 0 Å². The molecule has 2 saturated heterocycles. The van der Waals surface area contributed by atoms with Gasteiger partial charge in [-0.25, -0.2) is 9.97 Å². The van der Waals surface area contributed by atoms with Gasteiger partial charge in [0.15, 0.2) is 0 Å². The number of nitrogens with one attached hydrogen (secondary N) is 2. The summed E-state index contributed by atoms with van der Waals surface area (Å²) in [6.07, 6.45) is 1.81. The third-order valence-electron chi connectivity index (χ3n) is 4.95. The fraction of sp³-hybridized carbons (Fsp3) is 0.500. The monoisotopic (exact) mass is 370 g/mol. The van der Waals surface area contributed by atoms with Gasteiger partial charge in [-0.05, 0) is 18.2 Å². The Balaban J connectivity index is 1.48. The zero-order valence-corrected chi connectivity index (χ0v) is 15.9. The van der Waals surface area contributed by atoms with E-state index in [9.17, 15) is 0 Å². The molecular weight excluding hydrogens is 344 g/mol. The van der Waals surface area contributed by atoms with E-state index in [-0.39, 0.29) is 24.3 Å². The van der Waals surface area contributed by atoms with Crippen molar-refractivity contribution in [2.45, 2.75) is 44.2 Å². The second-order valence-electron chi connectivity index (χ2n) is 7.24. The highest BCUT2D eigenvalue weighted by Gasteiger charge is 2.47. The summed E-state index contributed by atoms with van der Waals surface area (Å²) >= 11 is 0. The van der Waals surface area contributed by atoms with Gasteiger partial charge in [0.05, 0.1) is 38.1 Å². The Morgan fingerprint density at radius 1 is 1.07 bits per heavy atom. The van der Waals surface area contributed by atoms with E-state index in [0.717, 1.165) is 17.0 Å². The van der Waals surface area contributed by atoms with E-state index in [1.807, 2.05) is 30.3 Å². The van der Waals surface area contributed by atoms with Crippen LogP contribution in [0.2, 0.25) is 0 Å². The van der Waals surface area contributed by atoms with Crippen LogP contribution >= 0.6 is 0 Å². The molecule has 7 heteroatoms. The molecule has 7 nitrogen and oxygen atoms in total. The van der Waals surface area contributed by atoms with Crippen LogP contribution in [-0.2, 0) is 9.47 Å². The highest BCUT2D eigenvalue weighted by molar-refractivity contribution is 5.67. The van der Waals surface area contributed by atoms with Crippen molar-refractivity contribution in [2.24, 2.45) is 0 Å². The van der Waals surface area contributed by atoms with Crippen molar-refractivity contribution < 1.29 is 14.2 Å². The third-order valence-corrected chi connectivity index (χ3v) is 4.95. The van der Waals surface area contributed by atoms with Gasteiger partial charge in [-0.3, -0.25) is 0 Å². The number of aromatic nitrogens is 2. The summed E-state index contributed by atoms with van der Waals surface area (Å²) in [6.45, 7) is 5.51. The van der Waals surface area contributed by atoms with Gasteiger partial charge in [0, 0.05) is 17.8 Å². The van der Waals surface area contributed by atoms with Gasteiger partial charge in [-0.2, -0.15) is 0 Å². The van der Waals surface area contributed by atoms with Crippen LogP contribution in [-0.4, -0.2) is 60.6 Å². The van der Waals surface area contributed by atoms with E-state index >= 15 is 0 Å². The minimum atomic E-state index is -0.000215. The number of ether oxygens (including phenoxy) is 3. The van der Waals surface area contributed by atoms with Crippen molar-refractivity contribution in [3.63, 3.8) is 0 Å². The number of anilines is 1. The molecule has 144 valence electrons. The van der Waals surface area contributed by atoms with Crippen molar-refractivity contribution in [3.05, 3.63) is 36.5 Å². The molecule has 0 aliphatic carbocycles. The third kappa shape index (κ3) is 3.76. The van der Waals surface area contributed by atoms with E-state index in [4.69, 9.17) is 14.2 Å². The Morgan fingerprint density at radius 3 is 2.59 bits per heavy atom. The summed E-state index contributed by atoms with van der Waals surface area (Å²) < 4.78 is 17.4. The molecular formula is C20H26N4O3. The molecule has 2 fully saturated rings. The normalized spacial score (nSPS) is 27.0. The average Bonchev–Trinajstić information content (AvgIpc) is 3.25. The Bertz CT molecular complexity index is 785. The Labute approximate surface area is 159 Å². The van der Waals surface area contributed by atoms with Crippen LogP contribution in [0.25, 0.3) is 11.3 Å². The van der Waals surface area contributed by atoms with E-state index in [2.05, 4.69) is 34.4 Å². The molecule has 2 aliphatic heterocycles. The predicted octanol–water partition coefficient (Wildman–Crippen LogP) is 2.10. The van der Waals surface area contributed by atoms with Crippen molar-refractivity contribution in [1.82, 2.24) is 15.3 Å². The number of hydrogen-bond acceptors (Lipinski definition) is 7. The smallest absolute Gasteiger partial charge is 0.223 e. The molecule has 0 radical (unpaired) electrons. The van der Waals surface area contributed by atoms with Crippen LogP contribution in [0, 0.1) is 0 Å². The maximum absolute atomic E-state index is 6.00. The van der Waals surface area contributed by atoms with Crippen LogP contribution in [0.15, 0.2) is 36.5 Å². The Kier molecular flexibility index (Phi) is 5.24. The van der Waals surface area contributed by atoms with E-state index < -0.39 is 0 Å². The molecule has 2 N–H and O–H groups in total. The first kappa shape index (κ1) is 18.2. The zero-order chi connectivity index (χ0) is 18.8. The molecule has 2 aromatic rings. The minimum absolute atomic E-state index is 0.000215. The second kappa shape index (κ2) is 7.80. The summed E-state index contributed by atoms with van der Waals surface area (Å²) in [5.41, 5.74) is 1.75. The lowest BCUT2D eigenvalue weighted by molar-refractivity contribution is 0.0670. The lowest BCUT2D eigenvalue weighted by atomic mass is 10.1. The van der Waals surface area contributed by atoms with Crippen LogP contribution in [0.4, 0.5) is 5.95 Å². The predicted molar refractivity (Wildman–Crippen MR) is 103 cm³/mol. The van der Waals surface area contributed by atoms with Gasteiger partial charge >= 0.3 is 0 Å². The Hall–Kier alpha value is -2.22. The van der Waals surface area contributed by atoms with Crippen LogP contribution in [0.1, 0.15) is 13.8 Å². The van der Waals surface area contributed by atoms with Gasteiger partial charge in [0.1, 0.15) is 18.0 Å². The van der Waals surface area contributed by atoms with Crippen molar-refractivity contribution in [2.75, 3.05) is 25.6 Å². The standard InChI is InChI=1S/C20H26N4O3/c1-12(2)22-15-10-26-19-16(11-27-18(15)19)24-20-21-9-8-14(23-20)13-6-4-5-7-17(13)25-3/h4-9,12,15-16,18-19,22H,10-11H2,1-3H3,(H,21,23,24)/t15-,16-,18+,19+/m0/s1. The lowest BCUT2D eigenvalue weighted by Crippen LogP contribution is -2.44. The molecule has 0 unspecified atom stereocenters. The number of fused-ring (bicyclic) bond motifs is 1. The molecule has 0 bridgehead atoms. The van der Waals surface area contributed by atoms with Gasteiger partial charge in [0.2, 0.25) is 5.95 Å². The molecule has 0 spiro atoms. The lowest BCUT2D eigenvalue weighted by Gasteiger charge is -2.20. The van der Waals surface area contributed by atoms with Gasteiger partial charge < -0.3 is 24.8 Å². The molecule has 1 aromatic heterocycles. The van der Waals surface area contributed by atoms with Gasteiger partial charge in [0.25, 0.3) is 0 Å². The molecule has 4 atom stereocenters. The number of benzene rings is 1. The molecule has 4 rings (SSSR count). The van der Waals surface area contributed by atoms with Crippen molar-refractivity contribution in [3.8, 4) is 17.0 Å². The topological polar surface area (TPSA) is 77.5 Å². The van der Waals surface area contributed by atoms with Gasteiger partial charge in [-0.15, -0.1) is 0 Å². The summed E-state index contributed by atoms with van der Waals surface area (Å²) in [7, 11) is 1.66. The SMILES string of the molecule is COc1ccccc1-c1ccnc(N[C@H]2CO[C@H]3[C@@H]2OC[C@@H]3NC(C)C)n1. The summed E-state index contributed by atoms with van der Waals surface area (Å²) in [6, 6.07) is 10.4. The minimum Gasteiger partial charge on any atom is -0.496 e. The van der Waals surface area contributed by atoms with Crippen molar-refractivity contribution >= 4 is 5.95 Å². The summed E-state index contributed by atoms with van der Waals surface area (Å²) in [4.78, 5) is 9.04. The molecule has 2 aliphatic rings. The van der Waals surface area contributed by atoms with E-state index in [1.165, 1.54) is 0 Å². The van der Waals surface area contributed by atoms with Gasteiger partial charge in [-0.1, -0.05) is 26.0 Å². The number of rotatable bonds is 6. The number of methoxy groups -OCH3 is 1. The highest BCUT2D eigenvalue weighted by Crippen LogP contribution is 2.30. The quantitative estimate of drug-likeness (QED) is 0.806. The molecule has 3 heterocycles. The Morgan fingerprint density at radius 2 is 1.81 bits per heavy atom. The van der Waals surface area contributed by atoms with Crippen LogP contribution in [0.3, 0.4) is 0 Å². The van der Waals surface area contributed by atoms with E-state index in [0.29, 0.717) is 25.2 Å². The largest absolute Gasteiger partial charge is 0.496 e. The maximum Gasteiger partial charge on any atom is 0.223 e. The molecule has 0 saturated carbocycles. The number of hydrogen-bond donors (Lipinski definition) is 2. The first-order valence-electron chi connectivity index (χ1n) is 9.38. The van der Waals surface area contributed by atoms with E-state index in [1.54, 1.807) is 13.3 Å². The van der Waals surface area contributed by atoms with Crippen LogP contribution < -0.4 is 15.4 Å². The molecule has 0 amide bonds. The number of nitrogens with zero attached hydrogens (tertiary/aromatic N) is 2. The highest BCUT2D eigenvalue weighted by atomic mass is 16.6. The fourth-order valence-corrected chi connectivity index (χ4v) is 3.79. The summed E-state index contributed by atoms with van der Waals surface area (Å²) in [5, 5.41) is 6.91. The number of para-hydroxylation sites is 1. The maximum atomic E-state index is 6.00.